The molecule has 0 heterocycles. The minimum Gasteiger partial charge on any atom is -0.324 e. The molecule has 1 aromatic carbocycles. The van der Waals surface area contributed by atoms with Crippen LogP contribution in [0.2, 0.25) is 0 Å². The molecule has 18 heavy (non-hydrogen) atoms. The van der Waals surface area contributed by atoms with Gasteiger partial charge in [-0.05, 0) is 44.0 Å². The van der Waals surface area contributed by atoms with Gasteiger partial charge in [0.1, 0.15) is 0 Å². The molecular weight excluding hydrogens is 220 g/mol. The second-order valence-corrected chi connectivity index (χ2v) is 5.53. The summed E-state index contributed by atoms with van der Waals surface area (Å²) in [6.07, 6.45) is 2.27. The molecular formula is C16H28N2. The summed E-state index contributed by atoms with van der Waals surface area (Å²) in [4.78, 5) is 2.40. The molecule has 0 amide bonds. The van der Waals surface area contributed by atoms with Gasteiger partial charge in [0, 0.05) is 12.6 Å². The fourth-order valence-corrected chi connectivity index (χ4v) is 2.27. The molecule has 0 aliphatic rings. The Morgan fingerprint density at radius 2 is 1.94 bits per heavy atom. The van der Waals surface area contributed by atoms with E-state index in [0.717, 1.165) is 25.4 Å². The number of hydrogen-bond acceptors (Lipinski definition) is 2. The molecule has 0 bridgehead atoms. The summed E-state index contributed by atoms with van der Waals surface area (Å²) in [5, 5.41) is 0. The third kappa shape index (κ3) is 4.79. The molecule has 2 heteroatoms. The van der Waals surface area contributed by atoms with Crippen LogP contribution in [0.25, 0.3) is 0 Å². The van der Waals surface area contributed by atoms with Crippen LogP contribution in [0.1, 0.15) is 43.9 Å². The zero-order chi connectivity index (χ0) is 13.5. The van der Waals surface area contributed by atoms with Crippen molar-refractivity contribution in [1.82, 2.24) is 4.90 Å². The second kappa shape index (κ2) is 7.55. The predicted molar refractivity (Wildman–Crippen MR) is 79.7 cm³/mol. The first kappa shape index (κ1) is 15.2. The van der Waals surface area contributed by atoms with E-state index in [0.29, 0.717) is 0 Å². The number of aryl methyl sites for hydroxylation is 1. The number of nitrogens with two attached hydrogens (primary N) is 1. The molecule has 0 fully saturated rings. The Labute approximate surface area is 112 Å². The fourth-order valence-electron chi connectivity index (χ4n) is 2.27. The number of rotatable bonds is 7. The second-order valence-electron chi connectivity index (χ2n) is 5.53. The molecule has 0 radical (unpaired) electrons. The van der Waals surface area contributed by atoms with E-state index in [-0.39, 0.29) is 6.04 Å². The van der Waals surface area contributed by atoms with Crippen molar-refractivity contribution in [2.75, 3.05) is 20.1 Å². The van der Waals surface area contributed by atoms with Crippen LogP contribution in [0.15, 0.2) is 24.3 Å². The van der Waals surface area contributed by atoms with E-state index in [2.05, 4.69) is 57.0 Å². The van der Waals surface area contributed by atoms with Gasteiger partial charge in [0.05, 0.1) is 0 Å². The van der Waals surface area contributed by atoms with Crippen molar-refractivity contribution in [2.24, 2.45) is 11.7 Å². The largest absolute Gasteiger partial charge is 0.324 e. The number of nitrogens with zero attached hydrogens (tertiary/aromatic N) is 1. The van der Waals surface area contributed by atoms with Gasteiger partial charge >= 0.3 is 0 Å². The monoisotopic (exact) mass is 248 g/mol. The van der Waals surface area contributed by atoms with Crippen LogP contribution in [-0.2, 0) is 0 Å². The lowest BCUT2D eigenvalue weighted by molar-refractivity contribution is 0.272. The minimum atomic E-state index is 0.158. The van der Waals surface area contributed by atoms with Crippen molar-refractivity contribution in [3.63, 3.8) is 0 Å². The Morgan fingerprint density at radius 3 is 2.56 bits per heavy atom. The van der Waals surface area contributed by atoms with E-state index in [9.17, 15) is 0 Å². The SMILES string of the molecule is CCC(C)CN(C)CCC(N)c1ccccc1C. The summed E-state index contributed by atoms with van der Waals surface area (Å²) < 4.78 is 0. The van der Waals surface area contributed by atoms with E-state index in [1.807, 2.05) is 0 Å². The molecule has 1 rings (SSSR count). The molecule has 0 aliphatic carbocycles. The summed E-state index contributed by atoms with van der Waals surface area (Å²) >= 11 is 0. The summed E-state index contributed by atoms with van der Waals surface area (Å²) in [6.45, 7) is 8.92. The summed E-state index contributed by atoms with van der Waals surface area (Å²) in [6, 6.07) is 8.59. The van der Waals surface area contributed by atoms with Gasteiger partial charge in [-0.25, -0.2) is 0 Å². The first-order valence-corrected chi connectivity index (χ1v) is 7.04. The van der Waals surface area contributed by atoms with E-state index >= 15 is 0 Å². The molecule has 1 aromatic rings. The van der Waals surface area contributed by atoms with Gasteiger partial charge in [0.2, 0.25) is 0 Å². The molecule has 0 spiro atoms. The quantitative estimate of drug-likeness (QED) is 0.801. The van der Waals surface area contributed by atoms with Gasteiger partial charge in [-0.15, -0.1) is 0 Å². The van der Waals surface area contributed by atoms with Crippen molar-refractivity contribution in [3.8, 4) is 0 Å². The molecule has 0 saturated carbocycles. The van der Waals surface area contributed by atoms with E-state index in [1.165, 1.54) is 17.5 Å². The lowest BCUT2D eigenvalue weighted by atomic mass is 9.99. The summed E-state index contributed by atoms with van der Waals surface area (Å²) in [5.74, 6) is 0.768. The highest BCUT2D eigenvalue weighted by Crippen LogP contribution is 2.18. The van der Waals surface area contributed by atoms with Gasteiger partial charge in [-0.2, -0.15) is 0 Å². The first-order valence-electron chi connectivity index (χ1n) is 7.04. The fraction of sp³-hybridized carbons (Fsp3) is 0.625. The van der Waals surface area contributed by atoms with Crippen LogP contribution in [0.5, 0.6) is 0 Å². The van der Waals surface area contributed by atoms with Crippen molar-refractivity contribution in [1.29, 1.82) is 0 Å². The standard InChI is InChI=1S/C16H28N2/c1-5-13(2)12-18(4)11-10-16(17)15-9-7-6-8-14(15)3/h6-9,13,16H,5,10-12,17H2,1-4H3. The van der Waals surface area contributed by atoms with Crippen molar-refractivity contribution in [2.45, 2.75) is 39.7 Å². The summed E-state index contributed by atoms with van der Waals surface area (Å²) in [5.41, 5.74) is 8.87. The van der Waals surface area contributed by atoms with Gasteiger partial charge in [-0.3, -0.25) is 0 Å². The van der Waals surface area contributed by atoms with Crippen molar-refractivity contribution >= 4 is 0 Å². The van der Waals surface area contributed by atoms with E-state index < -0.39 is 0 Å². The maximum Gasteiger partial charge on any atom is 0.0309 e. The average Bonchev–Trinajstić information content (AvgIpc) is 2.36. The molecule has 0 saturated heterocycles. The topological polar surface area (TPSA) is 29.3 Å². The van der Waals surface area contributed by atoms with Crippen LogP contribution in [-0.4, -0.2) is 25.0 Å². The van der Waals surface area contributed by atoms with Gasteiger partial charge in [-0.1, -0.05) is 44.5 Å². The van der Waals surface area contributed by atoms with Crippen LogP contribution in [0.3, 0.4) is 0 Å². The molecule has 0 aromatic heterocycles. The van der Waals surface area contributed by atoms with Gasteiger partial charge in [0.15, 0.2) is 0 Å². The zero-order valence-electron chi connectivity index (χ0n) is 12.3. The lowest BCUT2D eigenvalue weighted by Gasteiger charge is -2.23. The third-order valence-corrected chi connectivity index (χ3v) is 3.73. The Hall–Kier alpha value is -0.860. The molecule has 2 unspecified atom stereocenters. The molecule has 2 nitrogen and oxygen atoms in total. The average molecular weight is 248 g/mol. The van der Waals surface area contributed by atoms with E-state index in [4.69, 9.17) is 5.73 Å². The van der Waals surface area contributed by atoms with Crippen LogP contribution < -0.4 is 5.73 Å². The highest BCUT2D eigenvalue weighted by atomic mass is 15.1. The molecule has 2 atom stereocenters. The van der Waals surface area contributed by atoms with Gasteiger partial charge in [0.25, 0.3) is 0 Å². The molecule has 102 valence electrons. The first-order chi connectivity index (χ1) is 8.54. The van der Waals surface area contributed by atoms with Crippen LogP contribution in [0.4, 0.5) is 0 Å². The maximum absolute atomic E-state index is 6.28. The Morgan fingerprint density at radius 1 is 1.28 bits per heavy atom. The van der Waals surface area contributed by atoms with Gasteiger partial charge < -0.3 is 10.6 Å². The number of hydrogen-bond donors (Lipinski definition) is 1. The van der Waals surface area contributed by atoms with Crippen molar-refractivity contribution < 1.29 is 0 Å². The smallest absolute Gasteiger partial charge is 0.0309 e. The predicted octanol–water partition coefficient (Wildman–Crippen LogP) is 3.36. The van der Waals surface area contributed by atoms with Crippen LogP contribution >= 0.6 is 0 Å². The lowest BCUT2D eigenvalue weighted by Crippen LogP contribution is -2.28. The van der Waals surface area contributed by atoms with E-state index in [1.54, 1.807) is 0 Å². The normalized spacial score (nSPS) is 14.8. The van der Waals surface area contributed by atoms with Crippen LogP contribution in [0, 0.1) is 12.8 Å². The number of benzene rings is 1. The molecule has 2 N–H and O–H groups in total. The minimum absolute atomic E-state index is 0.158. The zero-order valence-corrected chi connectivity index (χ0v) is 12.3. The third-order valence-electron chi connectivity index (χ3n) is 3.73. The highest BCUT2D eigenvalue weighted by molar-refractivity contribution is 5.28. The Kier molecular flexibility index (Phi) is 6.37. The Balaban J connectivity index is 2.42. The van der Waals surface area contributed by atoms with Crippen molar-refractivity contribution in [3.05, 3.63) is 35.4 Å². The molecule has 0 aliphatic heterocycles. The Bertz CT molecular complexity index is 349. The highest BCUT2D eigenvalue weighted by Gasteiger charge is 2.10. The maximum atomic E-state index is 6.28. The summed E-state index contributed by atoms with van der Waals surface area (Å²) in [7, 11) is 2.19.